The molecule has 0 amide bonds. The van der Waals surface area contributed by atoms with Crippen molar-refractivity contribution in [2.24, 2.45) is 4.99 Å². The van der Waals surface area contributed by atoms with Gasteiger partial charge < -0.3 is 0 Å². The highest BCUT2D eigenvalue weighted by molar-refractivity contribution is 7.99. The van der Waals surface area contributed by atoms with Crippen LogP contribution in [0.4, 0.5) is 0 Å². The van der Waals surface area contributed by atoms with Crippen LogP contribution in [0.3, 0.4) is 0 Å². The van der Waals surface area contributed by atoms with Crippen LogP contribution in [0, 0.1) is 13.8 Å². The van der Waals surface area contributed by atoms with Crippen molar-refractivity contribution in [2.75, 3.05) is 6.61 Å². The molecule has 154 valence electrons. The fourth-order valence-corrected chi connectivity index (χ4v) is 4.60. The Hall–Kier alpha value is -2.12. The molecule has 0 spiro atoms. The molecule has 0 fully saturated rings. The summed E-state index contributed by atoms with van der Waals surface area (Å²) < 4.78 is 0. The van der Waals surface area contributed by atoms with Gasteiger partial charge in [-0.15, -0.1) is 0 Å². The molecule has 0 radical (unpaired) electrons. The van der Waals surface area contributed by atoms with E-state index in [0.717, 1.165) is 25.9 Å². The standard InChI is InChI=1S/C22H20Cl2N4OS/c1-13-6-7-15(19(24)8-13)9-17-12-29-28-22(27-17)21-20(11-25-14(2)26-21)30-18-5-3-4-16(23)10-18/h3-8,10-11,17H,9,12H2,1-2H3,(H,27,28)/t17-/m1/s1. The topological polar surface area (TPSA) is 59.4 Å². The van der Waals surface area contributed by atoms with E-state index in [2.05, 4.69) is 21.5 Å². The van der Waals surface area contributed by atoms with Gasteiger partial charge >= 0.3 is 0 Å². The van der Waals surface area contributed by atoms with Crippen molar-refractivity contribution >= 4 is 40.8 Å². The minimum atomic E-state index is -0.0688. The lowest BCUT2D eigenvalue weighted by Gasteiger charge is -2.23. The van der Waals surface area contributed by atoms with Gasteiger partial charge in [0.25, 0.3) is 0 Å². The van der Waals surface area contributed by atoms with Crippen molar-refractivity contribution in [1.82, 2.24) is 15.4 Å². The van der Waals surface area contributed by atoms with E-state index in [1.807, 2.05) is 50.2 Å². The third-order valence-corrected chi connectivity index (χ3v) is 6.14. The molecule has 4 rings (SSSR count). The molecule has 0 bridgehead atoms. The SMILES string of the molecule is Cc1ccc(C[C@@H]2CONC(c3nc(C)ncc3Sc3cccc(Cl)c3)=N2)c(Cl)c1. The average Bonchev–Trinajstić information content (AvgIpc) is 2.72. The Balaban J connectivity index is 1.62. The van der Waals surface area contributed by atoms with Crippen molar-refractivity contribution in [3.8, 4) is 0 Å². The van der Waals surface area contributed by atoms with E-state index in [1.165, 1.54) is 11.8 Å². The Kier molecular flexibility index (Phi) is 6.58. The first-order valence-electron chi connectivity index (χ1n) is 9.46. The summed E-state index contributed by atoms with van der Waals surface area (Å²) in [7, 11) is 0. The fraction of sp³-hybridized carbons (Fsp3) is 0.227. The summed E-state index contributed by atoms with van der Waals surface area (Å²) in [5.41, 5.74) is 5.81. The second-order valence-electron chi connectivity index (χ2n) is 7.03. The van der Waals surface area contributed by atoms with Crippen LogP contribution >= 0.6 is 35.0 Å². The third kappa shape index (κ3) is 5.13. The summed E-state index contributed by atoms with van der Waals surface area (Å²) in [6, 6.07) is 13.7. The number of hydrogen-bond donors (Lipinski definition) is 1. The molecular formula is C22H20Cl2N4OS. The number of aromatic nitrogens is 2. The van der Waals surface area contributed by atoms with Gasteiger partial charge in [0, 0.05) is 21.1 Å². The highest BCUT2D eigenvalue weighted by Gasteiger charge is 2.22. The predicted molar refractivity (Wildman–Crippen MR) is 122 cm³/mol. The van der Waals surface area contributed by atoms with Gasteiger partial charge in [0.15, 0.2) is 5.84 Å². The lowest BCUT2D eigenvalue weighted by atomic mass is 10.0. The molecular weight excluding hydrogens is 439 g/mol. The Bertz CT molecular complexity index is 1110. The van der Waals surface area contributed by atoms with Crippen LogP contribution in [0.15, 0.2) is 63.4 Å². The minimum Gasteiger partial charge on any atom is -0.272 e. The summed E-state index contributed by atoms with van der Waals surface area (Å²) >= 11 is 14.1. The number of hydrogen-bond acceptors (Lipinski definition) is 6. The summed E-state index contributed by atoms with van der Waals surface area (Å²) in [4.78, 5) is 21.3. The molecule has 1 aliphatic heterocycles. The van der Waals surface area contributed by atoms with E-state index in [0.29, 0.717) is 35.4 Å². The highest BCUT2D eigenvalue weighted by atomic mass is 35.5. The molecule has 0 saturated heterocycles. The van der Waals surface area contributed by atoms with Crippen LogP contribution in [0.25, 0.3) is 0 Å². The van der Waals surface area contributed by atoms with Gasteiger partial charge in [0.1, 0.15) is 11.5 Å². The van der Waals surface area contributed by atoms with Crippen molar-refractivity contribution < 1.29 is 4.84 Å². The quantitative estimate of drug-likeness (QED) is 0.550. The first-order chi connectivity index (χ1) is 14.5. The normalized spacial score (nSPS) is 16.1. The average molecular weight is 459 g/mol. The summed E-state index contributed by atoms with van der Waals surface area (Å²) in [6.45, 7) is 4.33. The molecule has 0 saturated carbocycles. The monoisotopic (exact) mass is 458 g/mol. The van der Waals surface area contributed by atoms with Crippen molar-refractivity contribution in [2.45, 2.75) is 36.1 Å². The van der Waals surface area contributed by atoms with E-state index in [1.54, 1.807) is 6.20 Å². The number of nitrogens with zero attached hydrogens (tertiary/aromatic N) is 3. The van der Waals surface area contributed by atoms with Gasteiger partial charge in [-0.05, 0) is 55.7 Å². The smallest absolute Gasteiger partial charge is 0.173 e. The van der Waals surface area contributed by atoms with E-state index < -0.39 is 0 Å². The number of rotatable bonds is 5. The molecule has 0 unspecified atom stereocenters. The van der Waals surface area contributed by atoms with Crippen molar-refractivity contribution in [1.29, 1.82) is 0 Å². The zero-order valence-electron chi connectivity index (χ0n) is 16.5. The van der Waals surface area contributed by atoms with E-state index in [4.69, 9.17) is 33.0 Å². The van der Waals surface area contributed by atoms with Crippen LogP contribution in [0.5, 0.6) is 0 Å². The molecule has 5 nitrogen and oxygen atoms in total. The summed E-state index contributed by atoms with van der Waals surface area (Å²) in [5, 5.41) is 1.43. The van der Waals surface area contributed by atoms with Crippen LogP contribution in [0.2, 0.25) is 10.0 Å². The zero-order chi connectivity index (χ0) is 21.1. The fourth-order valence-electron chi connectivity index (χ4n) is 3.10. The predicted octanol–water partition coefficient (Wildman–Crippen LogP) is 5.44. The number of aliphatic imine (C=N–C) groups is 1. The second kappa shape index (κ2) is 9.35. The molecule has 1 aromatic heterocycles. The molecule has 3 aromatic rings. The van der Waals surface area contributed by atoms with Crippen LogP contribution < -0.4 is 5.48 Å². The molecule has 30 heavy (non-hydrogen) atoms. The molecule has 1 aliphatic rings. The van der Waals surface area contributed by atoms with Gasteiger partial charge in [-0.3, -0.25) is 9.83 Å². The summed E-state index contributed by atoms with van der Waals surface area (Å²) in [5.74, 6) is 1.25. The van der Waals surface area contributed by atoms with E-state index in [9.17, 15) is 0 Å². The van der Waals surface area contributed by atoms with Crippen LogP contribution in [-0.2, 0) is 11.3 Å². The molecule has 0 aliphatic carbocycles. The van der Waals surface area contributed by atoms with Crippen molar-refractivity contribution in [3.63, 3.8) is 0 Å². The number of aryl methyl sites for hydroxylation is 2. The Morgan fingerprint density at radius 3 is 2.83 bits per heavy atom. The highest BCUT2D eigenvalue weighted by Crippen LogP contribution is 2.31. The maximum absolute atomic E-state index is 6.41. The van der Waals surface area contributed by atoms with E-state index >= 15 is 0 Å². The molecule has 8 heteroatoms. The maximum atomic E-state index is 6.41. The maximum Gasteiger partial charge on any atom is 0.173 e. The molecule has 1 N–H and O–H groups in total. The van der Waals surface area contributed by atoms with Gasteiger partial charge in [0.2, 0.25) is 0 Å². The number of benzene rings is 2. The number of halogens is 2. The minimum absolute atomic E-state index is 0.0688. The number of amidine groups is 1. The Morgan fingerprint density at radius 1 is 1.17 bits per heavy atom. The first kappa shape index (κ1) is 21.1. The van der Waals surface area contributed by atoms with Gasteiger partial charge in [-0.2, -0.15) is 0 Å². The molecule has 2 aromatic carbocycles. The van der Waals surface area contributed by atoms with Gasteiger partial charge in [-0.1, -0.05) is 53.2 Å². The van der Waals surface area contributed by atoms with E-state index in [-0.39, 0.29) is 6.04 Å². The largest absolute Gasteiger partial charge is 0.272 e. The summed E-state index contributed by atoms with van der Waals surface area (Å²) in [6.07, 6.45) is 2.49. The molecule has 1 atom stereocenters. The van der Waals surface area contributed by atoms with Crippen LogP contribution in [0.1, 0.15) is 22.6 Å². The van der Waals surface area contributed by atoms with Gasteiger partial charge in [-0.25, -0.2) is 15.4 Å². The second-order valence-corrected chi connectivity index (χ2v) is 8.99. The molecule has 2 heterocycles. The first-order valence-corrected chi connectivity index (χ1v) is 11.0. The Labute approximate surface area is 189 Å². The zero-order valence-corrected chi connectivity index (χ0v) is 18.9. The number of hydroxylamine groups is 1. The lowest BCUT2D eigenvalue weighted by molar-refractivity contribution is 0.0621. The third-order valence-electron chi connectivity index (χ3n) is 4.54. The number of nitrogens with one attached hydrogen (secondary N) is 1. The van der Waals surface area contributed by atoms with Gasteiger partial charge in [0.05, 0.1) is 17.5 Å². The van der Waals surface area contributed by atoms with Crippen molar-refractivity contribution in [3.05, 3.63) is 81.4 Å². The van der Waals surface area contributed by atoms with Crippen LogP contribution in [-0.4, -0.2) is 28.5 Å². The lowest BCUT2D eigenvalue weighted by Crippen LogP contribution is -2.37. The Morgan fingerprint density at radius 2 is 2.03 bits per heavy atom.